The number of amides is 2. The summed E-state index contributed by atoms with van der Waals surface area (Å²) in [5.41, 5.74) is 0.291. The number of carbonyl (C=O) groups is 2. The second-order valence-electron chi connectivity index (χ2n) is 5.22. The first-order valence-corrected chi connectivity index (χ1v) is 8.83. The molecule has 9 heteroatoms. The van der Waals surface area contributed by atoms with Gasteiger partial charge >= 0.3 is 5.91 Å². The lowest BCUT2D eigenvalue weighted by Crippen LogP contribution is -2.31. The van der Waals surface area contributed by atoms with Gasteiger partial charge in [-0.3, -0.25) is 9.59 Å². The van der Waals surface area contributed by atoms with Crippen molar-refractivity contribution >= 4 is 44.7 Å². The zero-order chi connectivity index (χ0) is 18.4. The Labute approximate surface area is 148 Å². The van der Waals surface area contributed by atoms with E-state index < -0.39 is 27.6 Å². The van der Waals surface area contributed by atoms with Gasteiger partial charge in [0.2, 0.25) is 10.0 Å². The smallest absolute Gasteiger partial charge is 0.301 e. The number of anilines is 1. The molecule has 128 valence electrons. The number of nitrogens with two attached hydrogens (primary N) is 1. The molecule has 1 aliphatic heterocycles. The molecule has 2 aromatic carbocycles. The fraction of sp³-hybridized carbons (Fsp3) is 0. The van der Waals surface area contributed by atoms with E-state index >= 15 is 0 Å². The molecule has 0 fully saturated rings. The van der Waals surface area contributed by atoms with Crippen LogP contribution >= 0.6 is 11.6 Å². The Bertz CT molecular complexity index is 1010. The normalized spacial score (nSPS) is 15.2. The summed E-state index contributed by atoms with van der Waals surface area (Å²) in [6, 6.07) is 10.9. The third kappa shape index (κ3) is 3.02. The Morgan fingerprint density at radius 3 is 2.00 bits per heavy atom. The molecular formula is C16H11ClN2O5S. The zero-order valence-electron chi connectivity index (χ0n) is 12.5. The first kappa shape index (κ1) is 17.2. The average molecular weight is 379 g/mol. The number of hydrogen-bond acceptors (Lipinski definition) is 5. The maximum absolute atomic E-state index is 12.6. The standard InChI is InChI=1S/C16H11ClN2O5S/c17-10-3-1-9(2-4-10)13-14(20)16(22)19(15(13)21)11-5-7-12(8-6-11)25(18,23)24/h1-8,20H,(H2,18,23,24). The first-order chi connectivity index (χ1) is 11.7. The average Bonchev–Trinajstić information content (AvgIpc) is 2.78. The number of aliphatic hydroxyl groups excluding tert-OH is 1. The zero-order valence-corrected chi connectivity index (χ0v) is 14.1. The van der Waals surface area contributed by atoms with Crippen molar-refractivity contribution in [3.8, 4) is 0 Å². The highest BCUT2D eigenvalue weighted by atomic mass is 35.5. The summed E-state index contributed by atoms with van der Waals surface area (Å²) in [6.45, 7) is 0. The van der Waals surface area contributed by atoms with Crippen LogP contribution in [-0.4, -0.2) is 25.3 Å². The molecule has 3 rings (SSSR count). The van der Waals surface area contributed by atoms with E-state index in [2.05, 4.69) is 0 Å². The molecule has 1 aliphatic rings. The van der Waals surface area contributed by atoms with E-state index in [1.54, 1.807) is 0 Å². The van der Waals surface area contributed by atoms with Crippen molar-refractivity contribution in [1.29, 1.82) is 0 Å². The van der Waals surface area contributed by atoms with E-state index in [1.165, 1.54) is 48.5 Å². The molecule has 2 amide bonds. The first-order valence-electron chi connectivity index (χ1n) is 6.91. The van der Waals surface area contributed by atoms with Crippen LogP contribution in [0.2, 0.25) is 5.02 Å². The number of imide groups is 1. The summed E-state index contributed by atoms with van der Waals surface area (Å²) >= 11 is 5.80. The highest BCUT2D eigenvalue weighted by molar-refractivity contribution is 7.89. The number of primary sulfonamides is 1. The van der Waals surface area contributed by atoms with Gasteiger partial charge in [0.1, 0.15) is 0 Å². The van der Waals surface area contributed by atoms with Gasteiger partial charge in [-0.05, 0) is 42.0 Å². The maximum Gasteiger partial charge on any atom is 0.301 e. The minimum Gasteiger partial charge on any atom is -0.502 e. The van der Waals surface area contributed by atoms with Gasteiger partial charge in [-0.2, -0.15) is 0 Å². The lowest BCUT2D eigenvalue weighted by atomic mass is 10.1. The SMILES string of the molecule is NS(=O)(=O)c1ccc(N2C(=O)C(O)=C(c3ccc(Cl)cc3)C2=O)cc1. The number of rotatable bonds is 3. The Hall–Kier alpha value is -2.68. The summed E-state index contributed by atoms with van der Waals surface area (Å²) < 4.78 is 22.6. The molecule has 0 aromatic heterocycles. The molecule has 0 saturated carbocycles. The molecule has 7 nitrogen and oxygen atoms in total. The molecule has 0 bridgehead atoms. The van der Waals surface area contributed by atoms with Crippen molar-refractivity contribution in [3.63, 3.8) is 0 Å². The van der Waals surface area contributed by atoms with Gasteiger partial charge in [0.15, 0.2) is 5.76 Å². The lowest BCUT2D eigenvalue weighted by molar-refractivity contribution is -0.121. The van der Waals surface area contributed by atoms with Crippen LogP contribution in [0.1, 0.15) is 5.56 Å². The summed E-state index contributed by atoms with van der Waals surface area (Å²) in [6.07, 6.45) is 0. The summed E-state index contributed by atoms with van der Waals surface area (Å²) in [5, 5.41) is 15.5. The van der Waals surface area contributed by atoms with Crippen molar-refractivity contribution in [1.82, 2.24) is 0 Å². The molecule has 1 heterocycles. The Kier molecular flexibility index (Phi) is 4.11. The molecule has 3 N–H and O–H groups in total. The largest absolute Gasteiger partial charge is 0.502 e. The molecule has 0 spiro atoms. The topological polar surface area (TPSA) is 118 Å². The van der Waals surface area contributed by atoms with Gasteiger partial charge in [-0.1, -0.05) is 23.7 Å². The van der Waals surface area contributed by atoms with Crippen LogP contribution in [0.5, 0.6) is 0 Å². The summed E-state index contributed by atoms with van der Waals surface area (Å²) in [7, 11) is -3.90. The highest BCUT2D eigenvalue weighted by Gasteiger charge is 2.40. The van der Waals surface area contributed by atoms with Crippen molar-refractivity contribution in [2.24, 2.45) is 5.14 Å². The second-order valence-corrected chi connectivity index (χ2v) is 7.21. The number of nitrogens with zero attached hydrogens (tertiary/aromatic N) is 1. The van der Waals surface area contributed by atoms with Crippen LogP contribution in [0, 0.1) is 0 Å². The number of sulfonamides is 1. The fourth-order valence-electron chi connectivity index (χ4n) is 2.41. The summed E-state index contributed by atoms with van der Waals surface area (Å²) in [4.78, 5) is 25.5. The predicted molar refractivity (Wildman–Crippen MR) is 91.3 cm³/mol. The van der Waals surface area contributed by atoms with Gasteiger partial charge in [0.05, 0.1) is 16.2 Å². The van der Waals surface area contributed by atoms with E-state index in [0.29, 0.717) is 10.6 Å². The van der Waals surface area contributed by atoms with Crippen molar-refractivity contribution in [2.45, 2.75) is 4.90 Å². The second kappa shape index (κ2) is 5.99. The Balaban J connectivity index is 2.00. The van der Waals surface area contributed by atoms with Crippen LogP contribution in [0.15, 0.2) is 59.2 Å². The molecule has 0 aliphatic carbocycles. The van der Waals surface area contributed by atoms with E-state index in [4.69, 9.17) is 16.7 Å². The fourth-order valence-corrected chi connectivity index (χ4v) is 3.06. The van der Waals surface area contributed by atoms with Crippen LogP contribution in [0.25, 0.3) is 5.57 Å². The van der Waals surface area contributed by atoms with Crippen molar-refractivity contribution < 1.29 is 23.1 Å². The van der Waals surface area contributed by atoms with Crippen LogP contribution in [-0.2, 0) is 19.6 Å². The van der Waals surface area contributed by atoms with Crippen molar-refractivity contribution in [2.75, 3.05) is 4.90 Å². The molecule has 25 heavy (non-hydrogen) atoms. The Morgan fingerprint density at radius 2 is 1.48 bits per heavy atom. The third-order valence-electron chi connectivity index (χ3n) is 3.62. The van der Waals surface area contributed by atoms with E-state index in [0.717, 1.165) is 4.90 Å². The summed E-state index contributed by atoms with van der Waals surface area (Å²) in [5.74, 6) is -2.32. The third-order valence-corrected chi connectivity index (χ3v) is 4.80. The van der Waals surface area contributed by atoms with Gasteiger partial charge < -0.3 is 5.11 Å². The molecular weight excluding hydrogens is 368 g/mol. The highest BCUT2D eigenvalue weighted by Crippen LogP contribution is 2.32. The molecule has 0 unspecified atom stereocenters. The van der Waals surface area contributed by atoms with Gasteiger partial charge in [-0.25, -0.2) is 18.5 Å². The molecule has 0 saturated heterocycles. The van der Waals surface area contributed by atoms with Gasteiger partial charge in [0.25, 0.3) is 5.91 Å². The number of halogens is 1. The molecule has 2 aromatic rings. The van der Waals surface area contributed by atoms with Crippen LogP contribution in [0.3, 0.4) is 0 Å². The molecule has 0 atom stereocenters. The van der Waals surface area contributed by atoms with E-state index in [1.807, 2.05) is 0 Å². The number of carbonyl (C=O) groups excluding carboxylic acids is 2. The quantitative estimate of drug-likeness (QED) is 0.790. The van der Waals surface area contributed by atoms with Gasteiger partial charge in [-0.15, -0.1) is 0 Å². The predicted octanol–water partition coefficient (Wildman–Crippen LogP) is 1.83. The van der Waals surface area contributed by atoms with E-state index in [9.17, 15) is 23.1 Å². The monoisotopic (exact) mass is 378 g/mol. The van der Waals surface area contributed by atoms with Crippen molar-refractivity contribution in [3.05, 3.63) is 64.9 Å². The molecule has 0 radical (unpaired) electrons. The number of aliphatic hydroxyl groups is 1. The lowest BCUT2D eigenvalue weighted by Gasteiger charge is -2.14. The minimum absolute atomic E-state index is 0.109. The Morgan fingerprint density at radius 1 is 0.920 bits per heavy atom. The maximum atomic E-state index is 12.6. The van der Waals surface area contributed by atoms with Gasteiger partial charge in [0, 0.05) is 5.02 Å². The van der Waals surface area contributed by atoms with E-state index in [-0.39, 0.29) is 16.2 Å². The van der Waals surface area contributed by atoms with Crippen LogP contribution < -0.4 is 10.0 Å². The number of benzene rings is 2. The van der Waals surface area contributed by atoms with Crippen LogP contribution in [0.4, 0.5) is 5.69 Å². The number of hydrogen-bond donors (Lipinski definition) is 2. The minimum atomic E-state index is -3.90.